The Balaban J connectivity index is 0.00000420. The van der Waals surface area contributed by atoms with Crippen LogP contribution in [0.15, 0.2) is 77.8 Å². The van der Waals surface area contributed by atoms with Gasteiger partial charge in [0.25, 0.3) is 11.8 Å². The van der Waals surface area contributed by atoms with Crippen LogP contribution in [0.3, 0.4) is 0 Å². The molecular weight excluding hydrogens is 522 g/mol. The molecule has 2 aromatic carbocycles. The number of aliphatic carboxylic acids is 1. The van der Waals surface area contributed by atoms with Gasteiger partial charge in [-0.3, -0.25) is 14.4 Å². The van der Waals surface area contributed by atoms with Gasteiger partial charge in [-0.25, -0.2) is 13.4 Å². The summed E-state index contributed by atoms with van der Waals surface area (Å²) in [5.74, 6) is -1.56. The average Bonchev–Trinajstić information content (AvgIpc) is 2.93. The number of carboxylic acids is 1. The second-order valence-corrected chi connectivity index (χ2v) is 10.3. The zero-order valence-corrected chi connectivity index (χ0v) is 21.1. The molecule has 0 radical (unpaired) electrons. The predicted octanol–water partition coefficient (Wildman–Crippen LogP) is 1.99. The molecule has 0 spiro atoms. The van der Waals surface area contributed by atoms with Crippen molar-refractivity contribution < 1.29 is 27.9 Å². The number of carbonyl (C=O) groups is 3. The molecule has 0 aliphatic carbocycles. The number of nitrogens with one attached hydrogen (secondary N) is 3. The van der Waals surface area contributed by atoms with Crippen LogP contribution < -0.4 is 15.4 Å². The second kappa shape index (κ2) is 13.0. The molecule has 1 atom stereocenters. The quantitative estimate of drug-likeness (QED) is 0.281. The molecule has 12 heteroatoms. The van der Waals surface area contributed by atoms with E-state index in [2.05, 4.69) is 20.3 Å². The molecule has 4 N–H and O–H groups in total. The van der Waals surface area contributed by atoms with Gasteiger partial charge < -0.3 is 20.6 Å². The lowest BCUT2D eigenvalue weighted by Gasteiger charge is -2.29. The minimum Gasteiger partial charge on any atom is -0.480 e. The van der Waals surface area contributed by atoms with E-state index < -0.39 is 34.5 Å². The lowest BCUT2D eigenvalue weighted by molar-refractivity contribution is -0.138. The van der Waals surface area contributed by atoms with Crippen LogP contribution >= 0.6 is 0 Å². The second-order valence-electron chi connectivity index (χ2n) is 8.59. The lowest BCUT2D eigenvalue weighted by Crippen LogP contribution is -2.48. The van der Waals surface area contributed by atoms with E-state index in [0.717, 1.165) is 5.56 Å². The molecule has 1 aliphatic heterocycles. The highest BCUT2D eigenvalue weighted by Crippen LogP contribution is 2.20. The van der Waals surface area contributed by atoms with Crippen molar-refractivity contribution in [2.75, 3.05) is 31.5 Å². The van der Waals surface area contributed by atoms with Crippen molar-refractivity contribution in [3.8, 4) is 0 Å². The molecule has 0 saturated carbocycles. The van der Waals surface area contributed by atoms with Crippen molar-refractivity contribution in [1.29, 1.82) is 0 Å². The summed E-state index contributed by atoms with van der Waals surface area (Å²) in [6.45, 7) is 1.01. The van der Waals surface area contributed by atoms with Crippen LogP contribution in [0.4, 0.5) is 5.82 Å². The van der Waals surface area contributed by atoms with E-state index >= 15 is 0 Å². The zero-order chi connectivity index (χ0) is 27.1. The number of carboxylic acid groups (broad SMARTS) is 1. The van der Waals surface area contributed by atoms with E-state index in [1.54, 1.807) is 29.3 Å². The van der Waals surface area contributed by atoms with Crippen LogP contribution in [0.5, 0.6) is 0 Å². The van der Waals surface area contributed by atoms with Gasteiger partial charge in [0.1, 0.15) is 11.9 Å². The number of nitrogens with zero attached hydrogens (tertiary/aromatic N) is 2. The van der Waals surface area contributed by atoms with Gasteiger partial charge in [-0.05, 0) is 48.4 Å². The summed E-state index contributed by atoms with van der Waals surface area (Å²) >= 11 is 0. The number of rotatable bonds is 11. The summed E-state index contributed by atoms with van der Waals surface area (Å²) in [5, 5.41) is 15.1. The Labute approximate surface area is 227 Å². The summed E-state index contributed by atoms with van der Waals surface area (Å²) in [6.07, 6.45) is 2.31. The standard InChI is InChI=1S/C26H27N5O6S.CH4/c32-24(29-17-22(26(34)35)30-38(36,37)20-6-2-1-3-7-20)19-10-9-18-11-14-31(25(33)21(18)16-19)15-13-28-23-8-4-5-12-27-23;/h1-10,12,16,22,30H,11,13-15,17H2,(H,27,28)(H,29,32)(H,34,35);1H4/t22-;/m0./s1. The number of anilines is 1. The van der Waals surface area contributed by atoms with Crippen LogP contribution in [0, 0.1) is 0 Å². The third-order valence-electron chi connectivity index (χ3n) is 6.01. The Morgan fingerprint density at radius 2 is 1.79 bits per heavy atom. The highest BCUT2D eigenvalue weighted by Gasteiger charge is 2.27. The van der Waals surface area contributed by atoms with Crippen molar-refractivity contribution in [3.05, 3.63) is 89.6 Å². The van der Waals surface area contributed by atoms with Gasteiger partial charge in [0.2, 0.25) is 10.0 Å². The van der Waals surface area contributed by atoms with Crippen LogP contribution in [-0.2, 0) is 21.2 Å². The molecule has 11 nitrogen and oxygen atoms in total. The fourth-order valence-electron chi connectivity index (χ4n) is 3.99. The highest BCUT2D eigenvalue weighted by molar-refractivity contribution is 7.89. The Bertz CT molecular complexity index is 1420. The Hall–Kier alpha value is -4.29. The fraction of sp³-hybridized carbons (Fsp3) is 0.259. The number of hydrogen-bond acceptors (Lipinski definition) is 7. The van der Waals surface area contributed by atoms with Crippen molar-refractivity contribution in [3.63, 3.8) is 0 Å². The van der Waals surface area contributed by atoms with Gasteiger partial charge in [0.15, 0.2) is 0 Å². The van der Waals surface area contributed by atoms with Crippen molar-refractivity contribution in [2.45, 2.75) is 24.8 Å². The smallest absolute Gasteiger partial charge is 0.323 e. The number of amides is 2. The van der Waals surface area contributed by atoms with Crippen molar-refractivity contribution in [1.82, 2.24) is 19.9 Å². The van der Waals surface area contributed by atoms with Gasteiger partial charge >= 0.3 is 5.97 Å². The summed E-state index contributed by atoms with van der Waals surface area (Å²) in [7, 11) is -4.11. The normalized spacial score (nSPS) is 13.5. The van der Waals surface area contributed by atoms with Gasteiger partial charge in [-0.2, -0.15) is 4.72 Å². The first-order chi connectivity index (χ1) is 18.2. The van der Waals surface area contributed by atoms with E-state index in [-0.39, 0.29) is 23.8 Å². The third kappa shape index (κ3) is 7.39. The molecule has 0 saturated heterocycles. The van der Waals surface area contributed by atoms with E-state index in [1.807, 2.05) is 18.2 Å². The monoisotopic (exact) mass is 553 g/mol. The first kappa shape index (κ1) is 29.3. The maximum atomic E-state index is 13.1. The number of fused-ring (bicyclic) bond motifs is 1. The first-order valence-corrected chi connectivity index (χ1v) is 13.4. The van der Waals surface area contributed by atoms with E-state index in [0.29, 0.717) is 37.4 Å². The Morgan fingerprint density at radius 1 is 1.05 bits per heavy atom. The maximum Gasteiger partial charge on any atom is 0.323 e. The first-order valence-electron chi connectivity index (χ1n) is 11.9. The van der Waals surface area contributed by atoms with Gasteiger partial charge in [0, 0.05) is 43.5 Å². The minimum absolute atomic E-state index is 0. The van der Waals surface area contributed by atoms with E-state index in [9.17, 15) is 27.9 Å². The summed E-state index contributed by atoms with van der Waals surface area (Å²) < 4.78 is 27.1. The van der Waals surface area contributed by atoms with Crippen LogP contribution in [0.2, 0.25) is 0 Å². The number of sulfonamides is 1. The molecule has 2 heterocycles. The predicted molar refractivity (Wildman–Crippen MR) is 146 cm³/mol. The van der Waals surface area contributed by atoms with Crippen LogP contribution in [0.1, 0.15) is 33.7 Å². The summed E-state index contributed by atoms with van der Waals surface area (Å²) in [6, 6.07) is 16.0. The SMILES string of the molecule is C.O=C(NC[C@H](NS(=O)(=O)c1ccccc1)C(=O)O)c1ccc2c(c1)C(=O)N(CCNc1ccccn1)CC2. The van der Waals surface area contributed by atoms with Gasteiger partial charge in [-0.1, -0.05) is 37.8 Å². The van der Waals surface area contributed by atoms with Crippen LogP contribution in [0.25, 0.3) is 0 Å². The third-order valence-corrected chi connectivity index (χ3v) is 7.50. The molecular formula is C27H31N5O6S. The molecule has 0 unspecified atom stereocenters. The largest absolute Gasteiger partial charge is 0.480 e. The number of aromatic nitrogens is 1. The molecule has 1 aromatic heterocycles. The molecule has 2 amide bonds. The highest BCUT2D eigenvalue weighted by atomic mass is 32.2. The van der Waals surface area contributed by atoms with Gasteiger partial charge in [-0.15, -0.1) is 0 Å². The molecule has 206 valence electrons. The summed E-state index contributed by atoms with van der Waals surface area (Å²) in [4.78, 5) is 43.3. The van der Waals surface area contributed by atoms with E-state index in [4.69, 9.17) is 0 Å². The van der Waals surface area contributed by atoms with E-state index in [1.165, 1.54) is 30.3 Å². The fourth-order valence-corrected chi connectivity index (χ4v) is 5.20. The lowest BCUT2D eigenvalue weighted by atomic mass is 9.96. The molecule has 3 aromatic rings. The van der Waals surface area contributed by atoms with Crippen LogP contribution in [-0.4, -0.2) is 73.4 Å². The minimum atomic E-state index is -4.11. The maximum absolute atomic E-state index is 13.1. The van der Waals surface area contributed by atoms with Crippen molar-refractivity contribution >= 4 is 33.6 Å². The topological polar surface area (TPSA) is 158 Å². The van der Waals surface area contributed by atoms with Crippen molar-refractivity contribution in [2.24, 2.45) is 0 Å². The number of benzene rings is 2. The average molecular weight is 554 g/mol. The number of hydrogen-bond donors (Lipinski definition) is 4. The molecule has 0 fully saturated rings. The number of pyridine rings is 1. The number of carbonyl (C=O) groups excluding carboxylic acids is 2. The molecule has 0 bridgehead atoms. The molecule has 39 heavy (non-hydrogen) atoms. The Kier molecular flexibility index (Phi) is 9.74. The zero-order valence-electron chi connectivity index (χ0n) is 20.3. The Morgan fingerprint density at radius 3 is 2.49 bits per heavy atom. The summed E-state index contributed by atoms with van der Waals surface area (Å²) in [5.41, 5.74) is 1.39. The van der Waals surface area contributed by atoms with Gasteiger partial charge in [0.05, 0.1) is 4.90 Å². The molecule has 1 aliphatic rings. The molecule has 4 rings (SSSR count).